The van der Waals surface area contributed by atoms with Gasteiger partial charge >= 0.3 is 5.97 Å². The smallest absolute Gasteiger partial charge is 0.303 e. The van der Waals surface area contributed by atoms with Gasteiger partial charge in [0.1, 0.15) is 17.7 Å². The first-order valence-electron chi connectivity index (χ1n) is 15.4. The number of nitrogens with zero attached hydrogens (tertiary/aromatic N) is 1. The van der Waals surface area contributed by atoms with E-state index in [2.05, 4.69) is 29.5 Å². The monoisotopic (exact) mass is 630 g/mol. The molecule has 43 heavy (non-hydrogen) atoms. The molecule has 1 amide bonds. The van der Waals surface area contributed by atoms with Crippen LogP contribution in [0.4, 0.5) is 10.1 Å². The average Bonchev–Trinajstić information content (AvgIpc) is 3.16. The van der Waals surface area contributed by atoms with Gasteiger partial charge in [-0.25, -0.2) is 4.39 Å². The number of rotatable bonds is 5. The Morgan fingerprint density at radius 3 is 2.74 bits per heavy atom. The fourth-order valence-electron chi connectivity index (χ4n) is 6.09. The summed E-state index contributed by atoms with van der Waals surface area (Å²) in [4.78, 5) is 27.6. The molecule has 0 saturated carbocycles. The zero-order valence-corrected chi connectivity index (χ0v) is 27.5. The van der Waals surface area contributed by atoms with Crippen molar-refractivity contribution in [2.45, 2.75) is 90.4 Å². The summed E-state index contributed by atoms with van der Waals surface area (Å²) < 4.78 is 30.6. The molecule has 0 aliphatic carbocycles. The minimum absolute atomic E-state index is 0.0982. The van der Waals surface area contributed by atoms with Crippen LogP contribution in [0, 0.1) is 11.7 Å². The molecule has 4 unspecified atom stereocenters. The lowest BCUT2D eigenvalue weighted by molar-refractivity contribution is -0.147. The highest BCUT2D eigenvalue weighted by atomic mass is 35.5. The van der Waals surface area contributed by atoms with E-state index in [0.29, 0.717) is 43.0 Å². The van der Waals surface area contributed by atoms with Crippen molar-refractivity contribution in [1.82, 2.24) is 4.72 Å². The third kappa shape index (κ3) is 8.27. The largest absolute Gasteiger partial charge is 0.491 e. The van der Waals surface area contributed by atoms with Crippen molar-refractivity contribution >= 4 is 41.1 Å². The van der Waals surface area contributed by atoms with E-state index >= 15 is 4.39 Å². The molecule has 2 bridgehead atoms. The van der Waals surface area contributed by atoms with Gasteiger partial charge in [0.2, 0.25) is 0 Å². The van der Waals surface area contributed by atoms with Crippen molar-refractivity contribution < 1.29 is 23.5 Å². The predicted octanol–water partition coefficient (Wildman–Crippen LogP) is 8.27. The molecular formula is C34H44ClFN2O4S. The van der Waals surface area contributed by atoms with E-state index in [1.807, 2.05) is 32.0 Å². The fourth-order valence-corrected chi connectivity index (χ4v) is 6.95. The molecule has 4 atom stereocenters. The van der Waals surface area contributed by atoms with Crippen molar-refractivity contribution in [3.8, 4) is 5.75 Å². The number of anilines is 1. The molecule has 0 aromatic heterocycles. The summed E-state index contributed by atoms with van der Waals surface area (Å²) in [5.74, 6) is -0.131. The van der Waals surface area contributed by atoms with Crippen LogP contribution in [0.5, 0.6) is 5.75 Å². The topological polar surface area (TPSA) is 67.9 Å². The van der Waals surface area contributed by atoms with Crippen LogP contribution < -0.4 is 14.4 Å². The quantitative estimate of drug-likeness (QED) is 0.204. The van der Waals surface area contributed by atoms with Gasteiger partial charge in [-0.3, -0.25) is 14.3 Å². The van der Waals surface area contributed by atoms with Gasteiger partial charge in [0.25, 0.3) is 5.91 Å². The molecule has 2 aliphatic rings. The average molecular weight is 631 g/mol. The fraction of sp³-hybridized carbons (Fsp3) is 0.529. The third-order valence-electron chi connectivity index (χ3n) is 8.47. The summed E-state index contributed by atoms with van der Waals surface area (Å²) in [5, 5.41) is 0.331. The second-order valence-corrected chi connectivity index (χ2v) is 13.3. The minimum Gasteiger partial charge on any atom is -0.491 e. The number of halogens is 2. The molecule has 9 heteroatoms. The van der Waals surface area contributed by atoms with E-state index in [9.17, 15) is 9.59 Å². The van der Waals surface area contributed by atoms with Crippen LogP contribution in [0.2, 0.25) is 5.02 Å². The maximum Gasteiger partial charge on any atom is 0.303 e. The van der Waals surface area contributed by atoms with Crippen LogP contribution in [0.3, 0.4) is 0 Å². The molecule has 234 valence electrons. The van der Waals surface area contributed by atoms with Gasteiger partial charge in [0, 0.05) is 42.7 Å². The van der Waals surface area contributed by atoms with Crippen molar-refractivity contribution in [1.29, 1.82) is 0 Å². The summed E-state index contributed by atoms with van der Waals surface area (Å²) in [5.41, 5.74) is 3.98. The standard InChI is InChI=1S/C34H44ClFN2O4S/c1-6-9-28-27(13-14-29(35)32(28)36)26-19-38-17-16-24(7-2)33(42-23(5)39)21(3)10-8-11-22(4)43-37-34(40)25-12-15-31(41-20-26)30(38)18-25/h10,12-15,18,22,24,26,33H,6-9,11,16-17,19-20H2,1-5H3,(H,37,40)/b21-10+. The lowest BCUT2D eigenvalue weighted by Gasteiger charge is -2.32. The molecule has 1 N–H and O–H groups in total. The highest BCUT2D eigenvalue weighted by molar-refractivity contribution is 7.98. The molecular weight excluding hydrogens is 587 g/mol. The van der Waals surface area contributed by atoms with Crippen LogP contribution in [-0.4, -0.2) is 42.9 Å². The van der Waals surface area contributed by atoms with Crippen LogP contribution in [0.15, 0.2) is 42.0 Å². The second-order valence-electron chi connectivity index (χ2n) is 11.7. The number of allylic oxidation sites excluding steroid dienone is 1. The highest BCUT2D eigenvalue weighted by Crippen LogP contribution is 2.38. The Morgan fingerprint density at radius 1 is 1.23 bits per heavy atom. The molecule has 0 spiro atoms. The predicted molar refractivity (Wildman–Crippen MR) is 174 cm³/mol. The number of benzene rings is 2. The van der Waals surface area contributed by atoms with Gasteiger partial charge in [-0.2, -0.15) is 0 Å². The SMILES string of the molecule is CCCc1c(C2COc3ccc4cc3N(CCC(CC)C(OC(C)=O)/C(C)=C/CCC(C)SNC4=O)C2)ccc(Cl)c1F. The van der Waals surface area contributed by atoms with E-state index in [-0.39, 0.29) is 45.9 Å². The number of amides is 1. The summed E-state index contributed by atoms with van der Waals surface area (Å²) in [6.07, 6.45) is 6.52. The Kier molecular flexibility index (Phi) is 11.8. The molecule has 2 aromatic rings. The molecule has 4 rings (SSSR count). The van der Waals surface area contributed by atoms with E-state index < -0.39 is 0 Å². The Labute approximate surface area is 264 Å². The van der Waals surface area contributed by atoms with E-state index in [0.717, 1.165) is 48.9 Å². The number of fused-ring (bicyclic) bond motifs is 1. The normalized spacial score (nSPS) is 24.7. The number of nitrogens with one attached hydrogen (secondary N) is 1. The first kappa shape index (κ1) is 33.2. The van der Waals surface area contributed by atoms with Gasteiger partial charge in [0.05, 0.1) is 17.3 Å². The lowest BCUT2D eigenvalue weighted by Crippen LogP contribution is -2.34. The van der Waals surface area contributed by atoms with Gasteiger partial charge in [-0.1, -0.05) is 50.9 Å². The van der Waals surface area contributed by atoms with Crippen LogP contribution >= 0.6 is 23.5 Å². The number of esters is 1. The summed E-state index contributed by atoms with van der Waals surface area (Å²) in [6.45, 7) is 11.3. The molecule has 0 fully saturated rings. The Balaban J connectivity index is 1.76. The zero-order valence-electron chi connectivity index (χ0n) is 25.9. The van der Waals surface area contributed by atoms with E-state index in [1.165, 1.54) is 18.9 Å². The second kappa shape index (κ2) is 15.3. The van der Waals surface area contributed by atoms with Gasteiger partial charge in [-0.05, 0) is 91.9 Å². The molecule has 2 aliphatic heterocycles. The maximum absolute atomic E-state index is 15.3. The molecule has 6 nitrogen and oxygen atoms in total. The maximum atomic E-state index is 15.3. The number of hydrogen-bond acceptors (Lipinski definition) is 6. The zero-order chi connectivity index (χ0) is 31.1. The number of ether oxygens (including phenoxy) is 2. The van der Waals surface area contributed by atoms with Crippen LogP contribution in [0.25, 0.3) is 0 Å². The van der Waals surface area contributed by atoms with Crippen molar-refractivity contribution in [2.24, 2.45) is 5.92 Å². The Morgan fingerprint density at radius 2 is 2.02 bits per heavy atom. The van der Waals surface area contributed by atoms with Crippen molar-refractivity contribution in [3.05, 3.63) is 69.5 Å². The molecule has 0 saturated heterocycles. The van der Waals surface area contributed by atoms with Crippen molar-refractivity contribution in [2.75, 3.05) is 24.6 Å². The van der Waals surface area contributed by atoms with Gasteiger partial charge in [-0.15, -0.1) is 0 Å². The summed E-state index contributed by atoms with van der Waals surface area (Å²) >= 11 is 7.62. The summed E-state index contributed by atoms with van der Waals surface area (Å²) in [6, 6.07) is 9.11. The minimum atomic E-state index is -0.362. The van der Waals surface area contributed by atoms with E-state index in [4.69, 9.17) is 21.1 Å². The van der Waals surface area contributed by atoms with Gasteiger partial charge < -0.3 is 14.4 Å². The molecule has 2 aromatic carbocycles. The van der Waals surface area contributed by atoms with Crippen LogP contribution in [0.1, 0.15) is 94.1 Å². The number of hydrogen-bond donors (Lipinski definition) is 1. The van der Waals surface area contributed by atoms with E-state index in [1.54, 1.807) is 12.1 Å². The first-order chi connectivity index (χ1) is 20.6. The first-order valence-corrected chi connectivity index (χ1v) is 16.7. The van der Waals surface area contributed by atoms with Crippen molar-refractivity contribution in [3.63, 3.8) is 0 Å². The number of carbonyl (C=O) groups is 2. The third-order valence-corrected chi connectivity index (χ3v) is 9.70. The Bertz CT molecular complexity index is 1340. The highest BCUT2D eigenvalue weighted by Gasteiger charge is 2.31. The lowest BCUT2D eigenvalue weighted by atomic mass is 9.89. The summed E-state index contributed by atoms with van der Waals surface area (Å²) in [7, 11) is 0. The number of carbonyl (C=O) groups excluding carboxylic acids is 2. The Hall–Kier alpha value is -2.71. The molecule has 0 radical (unpaired) electrons. The molecule has 2 heterocycles. The van der Waals surface area contributed by atoms with Crippen LogP contribution in [-0.2, 0) is 16.0 Å². The van der Waals surface area contributed by atoms with Gasteiger partial charge in [0.15, 0.2) is 0 Å².